The summed E-state index contributed by atoms with van der Waals surface area (Å²) < 4.78 is 20.0. The summed E-state index contributed by atoms with van der Waals surface area (Å²) in [5.74, 6) is 1.04. The fourth-order valence-corrected chi connectivity index (χ4v) is 2.13. The van der Waals surface area contributed by atoms with Crippen LogP contribution in [-0.4, -0.2) is 16.1 Å². The summed E-state index contributed by atoms with van der Waals surface area (Å²) in [5.41, 5.74) is 1.88. The normalized spacial score (nSPS) is 10.8. The molecule has 0 unspecified atom stereocenters. The molecule has 2 aromatic heterocycles. The van der Waals surface area contributed by atoms with E-state index in [1.807, 2.05) is 13.0 Å². The van der Waals surface area contributed by atoms with Crippen LogP contribution >= 0.6 is 0 Å². The lowest BCUT2D eigenvalue weighted by Crippen LogP contribution is -2.00. The molecule has 5 heteroatoms. The molecule has 0 atom stereocenters. The van der Waals surface area contributed by atoms with Crippen LogP contribution in [0, 0.1) is 12.7 Å². The van der Waals surface area contributed by atoms with E-state index in [2.05, 4.69) is 5.10 Å². The molecule has 3 rings (SSSR count). The van der Waals surface area contributed by atoms with Crippen LogP contribution in [0.5, 0.6) is 0 Å². The number of carbonyl (C=O) groups excluding carboxylic acids is 1. The van der Waals surface area contributed by atoms with Gasteiger partial charge in [0.05, 0.1) is 12.1 Å². The van der Waals surface area contributed by atoms with Crippen molar-refractivity contribution in [2.75, 3.05) is 0 Å². The number of nitrogens with zero attached hydrogens (tertiary/aromatic N) is 2. The monoisotopic (exact) mass is 284 g/mol. The molecule has 0 aliphatic heterocycles. The van der Waals surface area contributed by atoms with Gasteiger partial charge in [-0.05, 0) is 36.8 Å². The molecule has 0 N–H and O–H groups in total. The van der Waals surface area contributed by atoms with Crippen molar-refractivity contribution in [3.8, 4) is 11.5 Å². The molecular weight excluding hydrogens is 271 g/mol. The summed E-state index contributed by atoms with van der Waals surface area (Å²) in [7, 11) is 0. The van der Waals surface area contributed by atoms with E-state index in [1.165, 1.54) is 12.1 Å². The largest absolute Gasteiger partial charge is 0.460 e. The Labute approximate surface area is 120 Å². The molecular formula is C16H13FN2O2. The zero-order valence-electron chi connectivity index (χ0n) is 11.4. The SMILES string of the molecule is Cc1ccc(-c2nn(Cc3ccc(F)cc3)cc2C=O)o1. The number of halogens is 1. The molecule has 106 valence electrons. The molecule has 0 amide bonds. The molecule has 0 saturated heterocycles. The lowest BCUT2D eigenvalue weighted by atomic mass is 10.2. The summed E-state index contributed by atoms with van der Waals surface area (Å²) in [6.45, 7) is 2.29. The van der Waals surface area contributed by atoms with Gasteiger partial charge in [-0.15, -0.1) is 0 Å². The Hall–Kier alpha value is -2.69. The second kappa shape index (κ2) is 5.36. The Bertz CT molecular complexity index is 772. The highest BCUT2D eigenvalue weighted by Gasteiger charge is 2.14. The summed E-state index contributed by atoms with van der Waals surface area (Å²) in [6.07, 6.45) is 2.41. The average molecular weight is 284 g/mol. The zero-order chi connectivity index (χ0) is 14.8. The Morgan fingerprint density at radius 1 is 1.24 bits per heavy atom. The van der Waals surface area contributed by atoms with Crippen molar-refractivity contribution in [3.63, 3.8) is 0 Å². The predicted molar refractivity (Wildman–Crippen MR) is 75.6 cm³/mol. The highest BCUT2D eigenvalue weighted by molar-refractivity contribution is 5.84. The molecule has 0 aliphatic carbocycles. The van der Waals surface area contributed by atoms with Gasteiger partial charge in [-0.3, -0.25) is 9.48 Å². The molecule has 1 aromatic carbocycles. The predicted octanol–water partition coefficient (Wildman–Crippen LogP) is 3.45. The first-order valence-corrected chi connectivity index (χ1v) is 6.49. The number of rotatable bonds is 4. The van der Waals surface area contributed by atoms with E-state index in [0.717, 1.165) is 17.6 Å². The van der Waals surface area contributed by atoms with E-state index in [9.17, 15) is 9.18 Å². The van der Waals surface area contributed by atoms with E-state index < -0.39 is 0 Å². The van der Waals surface area contributed by atoms with Gasteiger partial charge in [0.2, 0.25) is 0 Å². The third-order valence-corrected chi connectivity index (χ3v) is 3.15. The first-order valence-electron chi connectivity index (χ1n) is 6.49. The standard InChI is InChI=1S/C16H13FN2O2/c1-11-2-7-15(21-11)16-13(10-20)9-19(18-16)8-12-3-5-14(17)6-4-12/h2-7,9-10H,8H2,1H3. The topological polar surface area (TPSA) is 48.0 Å². The Kier molecular flexibility index (Phi) is 3.39. The van der Waals surface area contributed by atoms with Crippen LogP contribution < -0.4 is 0 Å². The number of hydrogen-bond donors (Lipinski definition) is 0. The molecule has 0 radical (unpaired) electrons. The quantitative estimate of drug-likeness (QED) is 0.689. The molecule has 0 fully saturated rings. The number of hydrogen-bond acceptors (Lipinski definition) is 3. The fraction of sp³-hybridized carbons (Fsp3) is 0.125. The number of furan rings is 1. The van der Waals surface area contributed by atoms with Crippen molar-refractivity contribution in [3.05, 3.63) is 65.3 Å². The third kappa shape index (κ3) is 2.76. The molecule has 4 nitrogen and oxygen atoms in total. The van der Waals surface area contributed by atoms with Crippen LogP contribution in [0.25, 0.3) is 11.5 Å². The lowest BCUT2D eigenvalue weighted by Gasteiger charge is -2.01. The minimum atomic E-state index is -0.278. The van der Waals surface area contributed by atoms with Gasteiger partial charge in [-0.1, -0.05) is 12.1 Å². The van der Waals surface area contributed by atoms with E-state index in [1.54, 1.807) is 29.1 Å². The molecule has 0 saturated carbocycles. The van der Waals surface area contributed by atoms with Gasteiger partial charge in [0.15, 0.2) is 12.0 Å². The Balaban J connectivity index is 1.92. The molecule has 3 aromatic rings. The Morgan fingerprint density at radius 2 is 2.00 bits per heavy atom. The van der Waals surface area contributed by atoms with Crippen LogP contribution in [0.2, 0.25) is 0 Å². The van der Waals surface area contributed by atoms with Crippen LogP contribution in [0.1, 0.15) is 21.7 Å². The second-order valence-electron chi connectivity index (χ2n) is 4.79. The van der Waals surface area contributed by atoms with Gasteiger partial charge in [0.25, 0.3) is 0 Å². The Morgan fingerprint density at radius 3 is 2.62 bits per heavy atom. The number of aromatic nitrogens is 2. The molecule has 0 aliphatic rings. The van der Waals surface area contributed by atoms with Crippen molar-refractivity contribution in [1.82, 2.24) is 9.78 Å². The van der Waals surface area contributed by atoms with Gasteiger partial charge in [0.1, 0.15) is 17.3 Å². The van der Waals surface area contributed by atoms with Crippen molar-refractivity contribution in [1.29, 1.82) is 0 Å². The van der Waals surface area contributed by atoms with Crippen molar-refractivity contribution >= 4 is 6.29 Å². The zero-order valence-corrected chi connectivity index (χ0v) is 11.4. The van der Waals surface area contributed by atoms with Gasteiger partial charge >= 0.3 is 0 Å². The third-order valence-electron chi connectivity index (χ3n) is 3.15. The van der Waals surface area contributed by atoms with Gasteiger partial charge in [0, 0.05) is 6.20 Å². The first kappa shape index (κ1) is 13.3. The summed E-state index contributed by atoms with van der Waals surface area (Å²) in [5, 5.41) is 4.38. The number of benzene rings is 1. The minimum absolute atomic E-state index is 0.278. The molecule has 2 heterocycles. The van der Waals surface area contributed by atoms with Gasteiger partial charge in [-0.25, -0.2) is 4.39 Å². The number of aldehydes is 1. The second-order valence-corrected chi connectivity index (χ2v) is 4.79. The van der Waals surface area contributed by atoms with Crippen molar-refractivity contribution < 1.29 is 13.6 Å². The van der Waals surface area contributed by atoms with E-state index in [0.29, 0.717) is 23.6 Å². The van der Waals surface area contributed by atoms with Crippen LogP contribution in [-0.2, 0) is 6.54 Å². The summed E-state index contributed by atoms with van der Waals surface area (Å²) in [4.78, 5) is 11.2. The first-order chi connectivity index (χ1) is 10.2. The molecule has 0 spiro atoms. The van der Waals surface area contributed by atoms with Crippen molar-refractivity contribution in [2.24, 2.45) is 0 Å². The van der Waals surface area contributed by atoms with E-state index >= 15 is 0 Å². The van der Waals surface area contributed by atoms with E-state index in [4.69, 9.17) is 4.42 Å². The molecule has 21 heavy (non-hydrogen) atoms. The van der Waals surface area contributed by atoms with Crippen molar-refractivity contribution in [2.45, 2.75) is 13.5 Å². The maximum Gasteiger partial charge on any atom is 0.155 e. The van der Waals surface area contributed by atoms with Crippen LogP contribution in [0.4, 0.5) is 4.39 Å². The molecule has 0 bridgehead atoms. The highest BCUT2D eigenvalue weighted by atomic mass is 19.1. The maximum atomic E-state index is 12.9. The van der Waals surface area contributed by atoms with Crippen LogP contribution in [0.15, 0.2) is 47.0 Å². The highest BCUT2D eigenvalue weighted by Crippen LogP contribution is 2.23. The smallest absolute Gasteiger partial charge is 0.155 e. The fourth-order valence-electron chi connectivity index (χ4n) is 2.13. The van der Waals surface area contributed by atoms with Gasteiger partial charge < -0.3 is 4.42 Å². The van der Waals surface area contributed by atoms with Gasteiger partial charge in [-0.2, -0.15) is 5.10 Å². The minimum Gasteiger partial charge on any atom is -0.460 e. The maximum absolute atomic E-state index is 12.9. The summed E-state index contributed by atoms with van der Waals surface area (Å²) >= 11 is 0. The van der Waals surface area contributed by atoms with E-state index in [-0.39, 0.29) is 5.82 Å². The number of aryl methyl sites for hydroxylation is 1. The van der Waals surface area contributed by atoms with Crippen LogP contribution in [0.3, 0.4) is 0 Å². The average Bonchev–Trinajstić information content (AvgIpc) is 3.07. The lowest BCUT2D eigenvalue weighted by molar-refractivity contribution is 0.112. The summed E-state index contributed by atoms with van der Waals surface area (Å²) in [6, 6.07) is 9.78. The number of carbonyl (C=O) groups is 1.